The minimum atomic E-state index is -0.464. The first-order valence-corrected chi connectivity index (χ1v) is 6.53. The molecule has 0 aromatic carbocycles. The largest absolute Gasteiger partial charge is 0.466 e. The third kappa shape index (κ3) is 5.84. The lowest BCUT2D eigenvalue weighted by Gasteiger charge is -2.10. The van der Waals surface area contributed by atoms with Gasteiger partial charge in [-0.1, -0.05) is 26.7 Å². The molecule has 0 atom stereocenters. The predicted octanol–water partition coefficient (Wildman–Crippen LogP) is 3.01. The molecule has 0 aliphatic rings. The fourth-order valence-corrected chi connectivity index (χ4v) is 1.47. The molecule has 0 unspecified atom stereocenters. The number of hydrogen-bond acceptors (Lipinski definition) is 4. The molecule has 0 amide bonds. The number of methoxy groups -OCH3 is 1. The Balaban J connectivity index is 4.75. The highest BCUT2D eigenvalue weighted by molar-refractivity contribution is 5.99. The van der Waals surface area contributed by atoms with Crippen LogP contribution in [0.1, 0.15) is 52.9 Å². The third-order valence-corrected chi connectivity index (χ3v) is 2.70. The third-order valence-electron chi connectivity index (χ3n) is 2.70. The van der Waals surface area contributed by atoms with Gasteiger partial charge in [-0.2, -0.15) is 0 Å². The van der Waals surface area contributed by atoms with Gasteiger partial charge in [0.05, 0.1) is 13.7 Å². The summed E-state index contributed by atoms with van der Waals surface area (Å²) in [4.78, 5) is 23.4. The molecule has 0 saturated heterocycles. The van der Waals surface area contributed by atoms with Gasteiger partial charge in [0.2, 0.25) is 0 Å². The summed E-state index contributed by atoms with van der Waals surface area (Å²) in [5.74, 6) is -0.853. The van der Waals surface area contributed by atoms with Crippen LogP contribution < -0.4 is 0 Å². The van der Waals surface area contributed by atoms with Crippen LogP contribution in [-0.2, 0) is 19.1 Å². The van der Waals surface area contributed by atoms with Crippen molar-refractivity contribution in [2.75, 3.05) is 13.7 Å². The van der Waals surface area contributed by atoms with Crippen LogP contribution in [0, 0.1) is 0 Å². The Morgan fingerprint density at radius 1 is 1.00 bits per heavy atom. The average molecular weight is 256 g/mol. The van der Waals surface area contributed by atoms with Gasteiger partial charge >= 0.3 is 11.9 Å². The molecular weight excluding hydrogens is 232 g/mol. The smallest absolute Gasteiger partial charge is 0.334 e. The quantitative estimate of drug-likeness (QED) is 0.380. The van der Waals surface area contributed by atoms with Crippen molar-refractivity contribution in [2.45, 2.75) is 52.9 Å². The Hall–Kier alpha value is -1.32. The Kier molecular flexibility index (Phi) is 8.97. The van der Waals surface area contributed by atoms with E-state index in [1.807, 2.05) is 13.8 Å². The zero-order chi connectivity index (χ0) is 14.0. The molecule has 104 valence electrons. The Labute approximate surface area is 109 Å². The van der Waals surface area contributed by atoms with Crippen molar-refractivity contribution >= 4 is 11.9 Å². The topological polar surface area (TPSA) is 52.6 Å². The van der Waals surface area contributed by atoms with Gasteiger partial charge in [-0.15, -0.1) is 0 Å². The molecule has 4 heteroatoms. The van der Waals surface area contributed by atoms with Gasteiger partial charge in [-0.05, 0) is 26.2 Å². The highest BCUT2D eigenvalue weighted by Crippen LogP contribution is 2.16. The van der Waals surface area contributed by atoms with E-state index in [1.165, 1.54) is 7.11 Å². The molecule has 0 saturated carbocycles. The highest BCUT2D eigenvalue weighted by atomic mass is 16.5. The van der Waals surface area contributed by atoms with E-state index in [1.54, 1.807) is 6.92 Å². The van der Waals surface area contributed by atoms with E-state index in [2.05, 4.69) is 4.74 Å². The van der Waals surface area contributed by atoms with E-state index in [9.17, 15) is 9.59 Å². The van der Waals surface area contributed by atoms with Crippen molar-refractivity contribution in [2.24, 2.45) is 0 Å². The summed E-state index contributed by atoms with van der Waals surface area (Å²) in [5, 5.41) is 0. The molecule has 0 spiro atoms. The molecule has 0 aliphatic carbocycles. The standard InChI is InChI=1S/C14H24O4/c1-5-7-9-12(11(3)13(15)17-4)14(16)18-10-8-6-2/h5-10H2,1-4H3/b12-11-. The first kappa shape index (κ1) is 16.7. The number of rotatable bonds is 8. The maximum Gasteiger partial charge on any atom is 0.334 e. The maximum atomic E-state index is 11.9. The molecule has 0 aliphatic heterocycles. The highest BCUT2D eigenvalue weighted by Gasteiger charge is 2.18. The van der Waals surface area contributed by atoms with Crippen LogP contribution in [0.5, 0.6) is 0 Å². The molecule has 0 aromatic rings. The van der Waals surface area contributed by atoms with Gasteiger partial charge in [-0.25, -0.2) is 9.59 Å². The summed E-state index contributed by atoms with van der Waals surface area (Å²) in [6.45, 7) is 6.08. The van der Waals surface area contributed by atoms with Crippen LogP contribution in [0.3, 0.4) is 0 Å². The normalized spacial score (nSPS) is 11.8. The molecule has 0 rings (SSSR count). The molecule has 0 radical (unpaired) electrons. The van der Waals surface area contributed by atoms with Gasteiger partial charge in [0.25, 0.3) is 0 Å². The molecule has 0 bridgehead atoms. The van der Waals surface area contributed by atoms with E-state index >= 15 is 0 Å². The molecule has 4 nitrogen and oxygen atoms in total. The second-order valence-corrected chi connectivity index (χ2v) is 4.19. The van der Waals surface area contributed by atoms with E-state index < -0.39 is 5.97 Å². The van der Waals surface area contributed by atoms with E-state index in [0.717, 1.165) is 25.7 Å². The van der Waals surface area contributed by atoms with E-state index in [0.29, 0.717) is 24.2 Å². The van der Waals surface area contributed by atoms with Crippen molar-refractivity contribution in [1.29, 1.82) is 0 Å². The van der Waals surface area contributed by atoms with Crippen molar-refractivity contribution in [1.82, 2.24) is 0 Å². The van der Waals surface area contributed by atoms with Crippen LogP contribution in [0.4, 0.5) is 0 Å². The summed E-state index contributed by atoms with van der Waals surface area (Å²) in [5.41, 5.74) is 0.798. The fourth-order valence-electron chi connectivity index (χ4n) is 1.47. The molecular formula is C14H24O4. The zero-order valence-corrected chi connectivity index (χ0v) is 11.9. The summed E-state index contributed by atoms with van der Waals surface area (Å²) in [6, 6.07) is 0. The van der Waals surface area contributed by atoms with Crippen molar-refractivity contribution in [3.63, 3.8) is 0 Å². The lowest BCUT2D eigenvalue weighted by atomic mass is 10.0. The minimum absolute atomic E-state index is 0.354. The summed E-state index contributed by atoms with van der Waals surface area (Å²) in [6.07, 6.45) is 4.18. The van der Waals surface area contributed by atoms with Gasteiger partial charge < -0.3 is 9.47 Å². The van der Waals surface area contributed by atoms with Crippen LogP contribution >= 0.6 is 0 Å². The number of esters is 2. The number of carbonyl (C=O) groups excluding carboxylic acids is 2. The maximum absolute atomic E-state index is 11.9. The second-order valence-electron chi connectivity index (χ2n) is 4.19. The average Bonchev–Trinajstić information content (AvgIpc) is 2.38. The number of carbonyl (C=O) groups is 2. The lowest BCUT2D eigenvalue weighted by Crippen LogP contribution is -2.15. The Morgan fingerprint density at radius 3 is 2.11 bits per heavy atom. The van der Waals surface area contributed by atoms with Crippen molar-refractivity contribution < 1.29 is 19.1 Å². The van der Waals surface area contributed by atoms with E-state index in [-0.39, 0.29) is 5.97 Å². The summed E-state index contributed by atoms with van der Waals surface area (Å²) in [7, 11) is 1.31. The lowest BCUT2D eigenvalue weighted by molar-refractivity contribution is -0.141. The van der Waals surface area contributed by atoms with Gasteiger partial charge in [0.15, 0.2) is 0 Å². The Morgan fingerprint density at radius 2 is 1.61 bits per heavy atom. The summed E-state index contributed by atoms with van der Waals surface area (Å²) >= 11 is 0. The summed E-state index contributed by atoms with van der Waals surface area (Å²) < 4.78 is 9.80. The first-order chi connectivity index (χ1) is 8.58. The molecule has 0 fully saturated rings. The van der Waals surface area contributed by atoms with Crippen LogP contribution in [-0.4, -0.2) is 25.7 Å². The minimum Gasteiger partial charge on any atom is -0.466 e. The van der Waals surface area contributed by atoms with Gasteiger partial charge in [-0.3, -0.25) is 0 Å². The Bertz CT molecular complexity index is 305. The van der Waals surface area contributed by atoms with Crippen LogP contribution in [0.25, 0.3) is 0 Å². The van der Waals surface area contributed by atoms with E-state index in [4.69, 9.17) is 4.74 Å². The number of unbranched alkanes of at least 4 members (excludes halogenated alkanes) is 2. The fraction of sp³-hybridized carbons (Fsp3) is 0.714. The molecule has 0 heterocycles. The second kappa shape index (κ2) is 9.68. The predicted molar refractivity (Wildman–Crippen MR) is 70.1 cm³/mol. The monoisotopic (exact) mass is 256 g/mol. The molecule has 18 heavy (non-hydrogen) atoms. The zero-order valence-electron chi connectivity index (χ0n) is 11.9. The molecule has 0 N–H and O–H groups in total. The molecule has 0 aromatic heterocycles. The number of hydrogen-bond donors (Lipinski definition) is 0. The van der Waals surface area contributed by atoms with Crippen molar-refractivity contribution in [3.8, 4) is 0 Å². The van der Waals surface area contributed by atoms with Gasteiger partial charge in [0.1, 0.15) is 0 Å². The SMILES string of the molecule is CCCCOC(=O)/C(CCCC)=C(/C)C(=O)OC. The van der Waals surface area contributed by atoms with Crippen LogP contribution in [0.2, 0.25) is 0 Å². The number of ether oxygens (including phenoxy) is 2. The van der Waals surface area contributed by atoms with Gasteiger partial charge in [0, 0.05) is 11.1 Å². The van der Waals surface area contributed by atoms with Crippen molar-refractivity contribution in [3.05, 3.63) is 11.1 Å². The van der Waals surface area contributed by atoms with Crippen LogP contribution in [0.15, 0.2) is 11.1 Å². The first-order valence-electron chi connectivity index (χ1n) is 6.53.